The van der Waals surface area contributed by atoms with Crippen molar-refractivity contribution in [1.82, 2.24) is 9.78 Å². The predicted molar refractivity (Wildman–Crippen MR) is 120 cm³/mol. The maximum atomic E-state index is 12.8. The predicted octanol–water partition coefficient (Wildman–Crippen LogP) is 5.02. The van der Waals surface area contributed by atoms with Crippen molar-refractivity contribution < 1.29 is 4.79 Å². The molecule has 5 heteroatoms. The van der Waals surface area contributed by atoms with Crippen molar-refractivity contribution in [3.05, 3.63) is 66.5 Å². The number of fused-ring (bicyclic) bond motifs is 1. The van der Waals surface area contributed by atoms with E-state index in [1.807, 2.05) is 30.2 Å². The van der Waals surface area contributed by atoms with Gasteiger partial charge in [-0.15, -0.1) is 0 Å². The van der Waals surface area contributed by atoms with Crippen LogP contribution in [0.5, 0.6) is 0 Å². The van der Waals surface area contributed by atoms with Crippen molar-refractivity contribution in [3.63, 3.8) is 0 Å². The minimum atomic E-state index is 0.132. The second-order valence-corrected chi connectivity index (χ2v) is 8.74. The largest absolute Gasteiger partial charge is 0.378 e. The Balaban J connectivity index is 1.64. The highest BCUT2D eigenvalue weighted by Crippen LogP contribution is 2.50. The zero-order valence-electron chi connectivity index (χ0n) is 17.7. The summed E-state index contributed by atoms with van der Waals surface area (Å²) in [7, 11) is 1.93. The molecule has 1 unspecified atom stereocenters. The van der Waals surface area contributed by atoms with E-state index in [-0.39, 0.29) is 18.0 Å². The topological polar surface area (TPSA) is 50.2 Å². The highest BCUT2D eigenvalue weighted by atomic mass is 16.2. The normalized spacial score (nSPS) is 23.2. The van der Waals surface area contributed by atoms with Gasteiger partial charge in [0.1, 0.15) is 0 Å². The fourth-order valence-electron chi connectivity index (χ4n) is 5.03. The third kappa shape index (κ3) is 3.28. The molecular formula is C25H28N4O. The lowest BCUT2D eigenvalue weighted by atomic mass is 9.79. The molecule has 2 aromatic carbocycles. The zero-order chi connectivity index (χ0) is 20.8. The van der Waals surface area contributed by atoms with E-state index in [4.69, 9.17) is 0 Å². The standard InChI is InChI=1S/C25H28N4O/c1-16-24(27-21-7-5-4-6-8-21)22-13-19(20-14-26-28(3)15-20)11-12-23(22)29(17(2)30)25(16)18-9-10-18/h4-8,11-16,18,24-25,27H,9-10H2,1-3H3/t16-,24?,25-/m1/s1. The van der Waals surface area contributed by atoms with Crippen molar-refractivity contribution in [1.29, 1.82) is 0 Å². The van der Waals surface area contributed by atoms with Crippen molar-refractivity contribution in [3.8, 4) is 11.1 Å². The molecule has 3 aromatic rings. The van der Waals surface area contributed by atoms with Gasteiger partial charge in [-0.2, -0.15) is 5.10 Å². The number of nitrogens with zero attached hydrogens (tertiary/aromatic N) is 3. The van der Waals surface area contributed by atoms with E-state index < -0.39 is 0 Å². The average Bonchev–Trinajstić information content (AvgIpc) is 3.49. The van der Waals surface area contributed by atoms with Gasteiger partial charge in [0.25, 0.3) is 0 Å². The third-order valence-electron chi connectivity index (χ3n) is 6.56. The summed E-state index contributed by atoms with van der Waals surface area (Å²) in [6, 6.07) is 17.2. The maximum absolute atomic E-state index is 12.8. The Hall–Kier alpha value is -3.08. The molecule has 0 bridgehead atoms. The number of para-hydroxylation sites is 1. The number of benzene rings is 2. The molecule has 0 spiro atoms. The third-order valence-corrected chi connectivity index (χ3v) is 6.56. The van der Waals surface area contributed by atoms with Crippen LogP contribution >= 0.6 is 0 Å². The first kappa shape index (κ1) is 18.9. The highest BCUT2D eigenvalue weighted by molar-refractivity contribution is 5.94. The molecule has 1 aliphatic heterocycles. The summed E-state index contributed by atoms with van der Waals surface area (Å²) < 4.78 is 1.82. The van der Waals surface area contributed by atoms with E-state index in [9.17, 15) is 4.79 Å². The van der Waals surface area contributed by atoms with E-state index in [0.29, 0.717) is 11.8 Å². The SMILES string of the molecule is CC(=O)N1c2ccc(-c3cnn(C)c3)cc2C(Nc2ccccc2)[C@@H](C)[C@@H]1C1CC1. The van der Waals surface area contributed by atoms with Gasteiger partial charge in [-0.1, -0.05) is 31.2 Å². The van der Waals surface area contributed by atoms with Crippen LogP contribution in [-0.4, -0.2) is 21.7 Å². The van der Waals surface area contributed by atoms with Crippen LogP contribution in [0.15, 0.2) is 60.9 Å². The lowest BCUT2D eigenvalue weighted by molar-refractivity contribution is -0.117. The lowest BCUT2D eigenvalue weighted by Gasteiger charge is -2.46. The molecule has 1 amide bonds. The lowest BCUT2D eigenvalue weighted by Crippen LogP contribution is -2.51. The van der Waals surface area contributed by atoms with Crippen LogP contribution < -0.4 is 10.2 Å². The second-order valence-electron chi connectivity index (χ2n) is 8.74. The van der Waals surface area contributed by atoms with Gasteiger partial charge in [0.2, 0.25) is 5.91 Å². The number of aromatic nitrogens is 2. The Bertz CT molecular complexity index is 1070. The Morgan fingerprint density at radius 2 is 1.87 bits per heavy atom. The molecule has 154 valence electrons. The number of nitrogens with one attached hydrogen (secondary N) is 1. The van der Waals surface area contributed by atoms with Crippen molar-refractivity contribution in [2.45, 2.75) is 38.8 Å². The molecule has 30 heavy (non-hydrogen) atoms. The summed E-state index contributed by atoms with van der Waals surface area (Å²) in [6.07, 6.45) is 6.34. The number of rotatable bonds is 4. The summed E-state index contributed by atoms with van der Waals surface area (Å²) in [5.74, 6) is 1.03. The number of anilines is 2. The minimum Gasteiger partial charge on any atom is -0.378 e. The van der Waals surface area contributed by atoms with Gasteiger partial charge in [-0.25, -0.2) is 0 Å². The number of carbonyl (C=O) groups is 1. The Kier molecular flexibility index (Phi) is 4.61. The fourth-order valence-corrected chi connectivity index (χ4v) is 5.03. The smallest absolute Gasteiger partial charge is 0.224 e. The van der Waals surface area contributed by atoms with E-state index in [2.05, 4.69) is 64.7 Å². The summed E-state index contributed by atoms with van der Waals surface area (Å²) >= 11 is 0. The summed E-state index contributed by atoms with van der Waals surface area (Å²) in [6.45, 7) is 3.99. The number of amides is 1. The summed E-state index contributed by atoms with van der Waals surface area (Å²) in [4.78, 5) is 14.8. The van der Waals surface area contributed by atoms with Crippen LogP contribution in [0.4, 0.5) is 11.4 Å². The number of hydrogen-bond donors (Lipinski definition) is 1. The minimum absolute atomic E-state index is 0.132. The van der Waals surface area contributed by atoms with Crippen LogP contribution in [0.3, 0.4) is 0 Å². The first-order valence-corrected chi connectivity index (χ1v) is 10.8. The van der Waals surface area contributed by atoms with E-state index in [0.717, 1.165) is 22.5 Å². The second kappa shape index (κ2) is 7.31. The molecule has 1 saturated carbocycles. The van der Waals surface area contributed by atoms with E-state index >= 15 is 0 Å². The number of carbonyl (C=O) groups excluding carboxylic acids is 1. The monoisotopic (exact) mass is 400 g/mol. The fraction of sp³-hybridized carbons (Fsp3) is 0.360. The first-order chi connectivity index (χ1) is 14.5. The van der Waals surface area contributed by atoms with Gasteiger partial charge < -0.3 is 10.2 Å². The molecule has 1 aliphatic carbocycles. The first-order valence-electron chi connectivity index (χ1n) is 10.8. The molecule has 2 heterocycles. The molecule has 1 N–H and O–H groups in total. The van der Waals surface area contributed by atoms with Gasteiger partial charge in [-0.05, 0) is 54.2 Å². The molecule has 5 rings (SSSR count). The van der Waals surface area contributed by atoms with Gasteiger partial charge in [0.15, 0.2) is 0 Å². The summed E-state index contributed by atoms with van der Waals surface area (Å²) in [5, 5.41) is 8.11. The van der Waals surface area contributed by atoms with Crippen molar-refractivity contribution in [2.24, 2.45) is 18.9 Å². The zero-order valence-corrected chi connectivity index (χ0v) is 17.7. The van der Waals surface area contributed by atoms with Gasteiger partial charge in [0, 0.05) is 49.1 Å². The Morgan fingerprint density at radius 1 is 1.10 bits per heavy atom. The van der Waals surface area contributed by atoms with Crippen LogP contribution in [0.1, 0.15) is 38.3 Å². The quantitative estimate of drug-likeness (QED) is 0.669. The highest BCUT2D eigenvalue weighted by Gasteiger charge is 2.47. The number of aryl methyl sites for hydroxylation is 1. The van der Waals surface area contributed by atoms with Crippen LogP contribution in [0.25, 0.3) is 11.1 Å². The Morgan fingerprint density at radius 3 is 2.50 bits per heavy atom. The molecule has 0 saturated heterocycles. The van der Waals surface area contributed by atoms with Crippen LogP contribution in [-0.2, 0) is 11.8 Å². The Labute approximate surface area is 177 Å². The van der Waals surface area contributed by atoms with Gasteiger partial charge in [-0.3, -0.25) is 9.48 Å². The van der Waals surface area contributed by atoms with E-state index in [1.165, 1.54) is 18.4 Å². The molecule has 1 aromatic heterocycles. The molecule has 2 aliphatic rings. The molecular weight excluding hydrogens is 372 g/mol. The number of hydrogen-bond acceptors (Lipinski definition) is 3. The molecule has 3 atom stereocenters. The summed E-state index contributed by atoms with van der Waals surface area (Å²) in [5.41, 5.74) is 5.55. The molecule has 1 fully saturated rings. The van der Waals surface area contributed by atoms with Crippen LogP contribution in [0, 0.1) is 11.8 Å². The molecule has 5 nitrogen and oxygen atoms in total. The van der Waals surface area contributed by atoms with Crippen molar-refractivity contribution >= 4 is 17.3 Å². The van der Waals surface area contributed by atoms with Crippen molar-refractivity contribution in [2.75, 3.05) is 10.2 Å². The maximum Gasteiger partial charge on any atom is 0.224 e. The van der Waals surface area contributed by atoms with Crippen LogP contribution in [0.2, 0.25) is 0 Å². The van der Waals surface area contributed by atoms with E-state index in [1.54, 1.807) is 6.92 Å². The van der Waals surface area contributed by atoms with Gasteiger partial charge >= 0.3 is 0 Å². The van der Waals surface area contributed by atoms with Gasteiger partial charge in [0.05, 0.1) is 12.2 Å². The molecule has 0 radical (unpaired) electrons. The average molecular weight is 401 g/mol.